The van der Waals surface area contributed by atoms with Crippen molar-refractivity contribution in [3.63, 3.8) is 0 Å². The molecule has 2 aromatic rings. The van der Waals surface area contributed by atoms with Crippen LogP contribution in [0.2, 0.25) is 0 Å². The number of piperidine rings is 1. The highest BCUT2D eigenvalue weighted by atomic mass is 32.2. The average molecular weight is 388 g/mol. The lowest BCUT2D eigenvalue weighted by Crippen LogP contribution is -2.26. The fraction of sp³-hybridized carbons (Fsp3) is 0.350. The van der Waals surface area contributed by atoms with Crippen LogP contribution < -0.4 is 10.0 Å². The second-order valence-electron chi connectivity index (χ2n) is 6.79. The summed E-state index contributed by atoms with van der Waals surface area (Å²) in [6.45, 7) is 2.03. The second-order valence-corrected chi connectivity index (χ2v) is 8.47. The first-order valence-corrected chi connectivity index (χ1v) is 10.6. The third-order valence-corrected chi connectivity index (χ3v) is 6.23. The van der Waals surface area contributed by atoms with Gasteiger partial charge in [0.15, 0.2) is 0 Å². The van der Waals surface area contributed by atoms with E-state index in [4.69, 9.17) is 5.11 Å². The van der Waals surface area contributed by atoms with Crippen molar-refractivity contribution < 1.29 is 18.3 Å². The Labute approximate surface area is 159 Å². The van der Waals surface area contributed by atoms with Gasteiger partial charge in [0.1, 0.15) is 0 Å². The Balaban J connectivity index is 1.65. The van der Waals surface area contributed by atoms with Gasteiger partial charge >= 0.3 is 5.97 Å². The number of hydrogen-bond acceptors (Lipinski definition) is 4. The molecule has 3 N–H and O–H groups in total. The third-order valence-electron chi connectivity index (χ3n) is 4.83. The van der Waals surface area contributed by atoms with E-state index in [1.165, 1.54) is 17.7 Å². The van der Waals surface area contributed by atoms with Gasteiger partial charge in [-0.1, -0.05) is 24.3 Å². The van der Waals surface area contributed by atoms with Gasteiger partial charge in [-0.05, 0) is 73.7 Å². The molecule has 1 aliphatic rings. The van der Waals surface area contributed by atoms with Crippen molar-refractivity contribution in [3.8, 4) is 0 Å². The lowest BCUT2D eigenvalue weighted by Gasteiger charge is -2.23. The summed E-state index contributed by atoms with van der Waals surface area (Å²) >= 11 is 0. The first kappa shape index (κ1) is 19.4. The zero-order valence-electron chi connectivity index (χ0n) is 15.0. The Morgan fingerprint density at radius 3 is 2.26 bits per heavy atom. The Morgan fingerprint density at radius 1 is 1.04 bits per heavy atom. The Hall–Kier alpha value is -2.38. The molecule has 0 amide bonds. The summed E-state index contributed by atoms with van der Waals surface area (Å²) in [5.74, 6) is -0.350. The highest BCUT2D eigenvalue weighted by Gasteiger charge is 2.17. The molecule has 0 aromatic heterocycles. The summed E-state index contributed by atoms with van der Waals surface area (Å²) in [6, 6.07) is 13.9. The van der Waals surface area contributed by atoms with Crippen molar-refractivity contribution in [3.05, 3.63) is 59.7 Å². The van der Waals surface area contributed by atoms with E-state index in [9.17, 15) is 13.2 Å². The first-order chi connectivity index (χ1) is 12.9. The highest BCUT2D eigenvalue weighted by molar-refractivity contribution is 7.92. The average Bonchev–Trinajstić information content (AvgIpc) is 2.68. The molecule has 0 saturated carbocycles. The molecule has 3 rings (SSSR count). The van der Waals surface area contributed by atoms with Gasteiger partial charge < -0.3 is 10.4 Å². The highest BCUT2D eigenvalue weighted by Crippen LogP contribution is 2.27. The number of anilines is 1. The minimum atomic E-state index is -3.68. The fourth-order valence-corrected chi connectivity index (χ4v) is 4.34. The molecular weight excluding hydrogens is 364 g/mol. The summed E-state index contributed by atoms with van der Waals surface area (Å²) in [5.41, 5.74) is 2.56. The quantitative estimate of drug-likeness (QED) is 0.678. The maximum Gasteiger partial charge on any atom is 0.303 e. The molecule has 6 nitrogen and oxygen atoms in total. The van der Waals surface area contributed by atoms with Crippen LogP contribution in [0.3, 0.4) is 0 Å². The molecular formula is C20H24N2O4S. The molecule has 0 aliphatic carbocycles. The topological polar surface area (TPSA) is 95.5 Å². The number of nitrogens with one attached hydrogen (secondary N) is 2. The van der Waals surface area contributed by atoms with Gasteiger partial charge in [-0.2, -0.15) is 0 Å². The number of aryl methyl sites for hydroxylation is 1. The molecule has 0 atom stereocenters. The van der Waals surface area contributed by atoms with Gasteiger partial charge in [0.25, 0.3) is 10.0 Å². The Morgan fingerprint density at radius 2 is 1.67 bits per heavy atom. The van der Waals surface area contributed by atoms with Crippen molar-refractivity contribution in [2.75, 3.05) is 17.8 Å². The minimum absolute atomic E-state index is 0.0216. The van der Waals surface area contributed by atoms with Gasteiger partial charge in [-0.3, -0.25) is 9.52 Å². The zero-order chi connectivity index (χ0) is 19.3. The zero-order valence-corrected chi connectivity index (χ0v) is 15.8. The SMILES string of the molecule is O=C(O)CCc1ccc(S(=O)(=O)Nc2ccc(C3CCNCC3)cc2)cc1. The van der Waals surface area contributed by atoms with Gasteiger partial charge in [-0.25, -0.2) is 8.42 Å². The fourth-order valence-electron chi connectivity index (χ4n) is 3.28. The van der Waals surface area contributed by atoms with Crippen LogP contribution >= 0.6 is 0 Å². The summed E-state index contributed by atoms with van der Waals surface area (Å²) < 4.78 is 27.7. The summed E-state index contributed by atoms with van der Waals surface area (Å²) in [7, 11) is -3.68. The summed E-state index contributed by atoms with van der Waals surface area (Å²) in [4.78, 5) is 10.8. The van der Waals surface area contributed by atoms with Crippen LogP contribution in [0.1, 0.15) is 36.3 Å². The van der Waals surface area contributed by atoms with Gasteiger partial charge in [0.05, 0.1) is 4.90 Å². The lowest BCUT2D eigenvalue weighted by molar-refractivity contribution is -0.136. The number of sulfonamides is 1. The van der Waals surface area contributed by atoms with Crippen LogP contribution in [0.15, 0.2) is 53.4 Å². The van der Waals surface area contributed by atoms with E-state index >= 15 is 0 Å². The van der Waals surface area contributed by atoms with E-state index in [-0.39, 0.29) is 11.3 Å². The van der Waals surface area contributed by atoms with Crippen LogP contribution in [-0.4, -0.2) is 32.6 Å². The van der Waals surface area contributed by atoms with Crippen molar-refractivity contribution in [1.82, 2.24) is 5.32 Å². The van der Waals surface area contributed by atoms with Crippen LogP contribution in [0.5, 0.6) is 0 Å². The number of hydrogen-bond donors (Lipinski definition) is 3. The molecule has 1 heterocycles. The lowest BCUT2D eigenvalue weighted by atomic mass is 9.90. The van der Waals surface area contributed by atoms with E-state index in [1.54, 1.807) is 24.3 Å². The number of carboxylic acid groups (broad SMARTS) is 1. The molecule has 0 bridgehead atoms. The number of carbonyl (C=O) groups is 1. The van der Waals surface area contributed by atoms with Gasteiger partial charge in [0.2, 0.25) is 0 Å². The van der Waals surface area contributed by atoms with Crippen molar-refractivity contribution in [2.24, 2.45) is 0 Å². The van der Waals surface area contributed by atoms with E-state index in [0.29, 0.717) is 18.0 Å². The van der Waals surface area contributed by atoms with Gasteiger partial charge in [0, 0.05) is 12.1 Å². The van der Waals surface area contributed by atoms with E-state index < -0.39 is 16.0 Å². The molecule has 144 valence electrons. The molecule has 27 heavy (non-hydrogen) atoms. The predicted octanol–water partition coefficient (Wildman–Crippen LogP) is 2.97. The molecule has 0 spiro atoms. The Kier molecular flexibility index (Phi) is 6.13. The summed E-state index contributed by atoms with van der Waals surface area (Å²) in [6.07, 6.45) is 2.59. The van der Waals surface area contributed by atoms with Crippen molar-refractivity contribution in [2.45, 2.75) is 36.5 Å². The van der Waals surface area contributed by atoms with Crippen LogP contribution in [0.25, 0.3) is 0 Å². The minimum Gasteiger partial charge on any atom is -0.481 e. The van der Waals surface area contributed by atoms with Crippen LogP contribution in [-0.2, 0) is 21.2 Å². The predicted molar refractivity (Wildman–Crippen MR) is 104 cm³/mol. The maximum absolute atomic E-state index is 12.6. The molecule has 1 saturated heterocycles. The normalized spacial score (nSPS) is 15.4. The summed E-state index contributed by atoms with van der Waals surface area (Å²) in [5, 5.41) is 12.1. The number of benzene rings is 2. The first-order valence-electron chi connectivity index (χ1n) is 9.08. The van der Waals surface area contributed by atoms with Crippen LogP contribution in [0, 0.1) is 0 Å². The second kappa shape index (κ2) is 8.54. The van der Waals surface area contributed by atoms with Gasteiger partial charge in [-0.15, -0.1) is 0 Å². The molecule has 0 radical (unpaired) electrons. The largest absolute Gasteiger partial charge is 0.481 e. The third kappa shape index (κ3) is 5.30. The molecule has 7 heteroatoms. The number of aliphatic carboxylic acids is 1. The maximum atomic E-state index is 12.6. The standard InChI is InChI=1S/C20H24N2O4S/c23-20(24)10-3-15-1-8-19(9-2-15)27(25,26)22-18-6-4-16(5-7-18)17-11-13-21-14-12-17/h1-2,4-9,17,21-22H,3,10-14H2,(H,23,24). The molecule has 2 aromatic carbocycles. The van der Waals surface area contributed by atoms with Crippen LogP contribution in [0.4, 0.5) is 5.69 Å². The smallest absolute Gasteiger partial charge is 0.303 e. The molecule has 1 fully saturated rings. The molecule has 0 unspecified atom stereocenters. The molecule has 1 aliphatic heterocycles. The van der Waals surface area contributed by atoms with E-state index in [0.717, 1.165) is 31.5 Å². The number of carboxylic acids is 1. The van der Waals surface area contributed by atoms with Crippen molar-refractivity contribution in [1.29, 1.82) is 0 Å². The van der Waals surface area contributed by atoms with E-state index in [2.05, 4.69) is 10.0 Å². The number of rotatable bonds is 7. The Bertz CT molecular complexity index is 871. The van der Waals surface area contributed by atoms with E-state index in [1.807, 2.05) is 12.1 Å². The monoisotopic (exact) mass is 388 g/mol. The van der Waals surface area contributed by atoms with Crippen molar-refractivity contribution >= 4 is 21.7 Å².